The maximum Gasteiger partial charge on any atom is 0.310 e. The molecule has 8 nitrogen and oxygen atoms in total. The number of ether oxygens (including phenoxy) is 3. The number of pyridine rings is 1. The zero-order chi connectivity index (χ0) is 23.7. The number of fused-ring (bicyclic) bond motifs is 2. The summed E-state index contributed by atoms with van der Waals surface area (Å²) in [6.07, 6.45) is 5.32. The van der Waals surface area contributed by atoms with Gasteiger partial charge >= 0.3 is 5.97 Å². The lowest BCUT2D eigenvalue weighted by Gasteiger charge is -2.32. The number of nitrogens with zero attached hydrogens (tertiary/aromatic N) is 3. The Bertz CT molecular complexity index is 1230. The number of rotatable bonds is 6. The third-order valence-electron chi connectivity index (χ3n) is 6.43. The summed E-state index contributed by atoms with van der Waals surface area (Å²) in [6, 6.07) is 9.37. The van der Waals surface area contributed by atoms with Crippen molar-refractivity contribution < 1.29 is 23.8 Å². The van der Waals surface area contributed by atoms with Gasteiger partial charge in [0.15, 0.2) is 11.5 Å². The second-order valence-corrected chi connectivity index (χ2v) is 9.00. The highest BCUT2D eigenvalue weighted by Gasteiger charge is 2.32. The molecule has 5 rings (SSSR count). The first-order valence-corrected chi connectivity index (χ1v) is 11.9. The standard InChI is InChI=1S/C25H26ClN3O5/c1-2-32-25(31)17-4-3-9-28(13-17)24(30)11-19(16-5-7-21-22(10-16)34-15-33-21)20-12-27-23-8-6-18(26)14-29(20)23/h5-8,10,12,14,17,19H,2-4,9,11,13,15H2,1H3. The molecule has 2 atom stereocenters. The van der Waals surface area contributed by atoms with E-state index in [1.165, 1.54) is 0 Å². The SMILES string of the molecule is CCOC(=O)C1CCCN(C(=O)CC(c2ccc3c(c2)OCO3)c2cnc3ccc(Cl)cn23)C1. The zero-order valence-corrected chi connectivity index (χ0v) is 19.7. The summed E-state index contributed by atoms with van der Waals surface area (Å²) >= 11 is 6.27. The summed E-state index contributed by atoms with van der Waals surface area (Å²) in [7, 11) is 0. The molecule has 2 unspecified atom stereocenters. The van der Waals surface area contributed by atoms with Gasteiger partial charge in [-0.15, -0.1) is 0 Å². The van der Waals surface area contributed by atoms with E-state index in [1.807, 2.05) is 28.7 Å². The van der Waals surface area contributed by atoms with E-state index in [0.29, 0.717) is 36.2 Å². The third-order valence-corrected chi connectivity index (χ3v) is 6.65. The monoisotopic (exact) mass is 483 g/mol. The van der Waals surface area contributed by atoms with Crippen LogP contribution in [0.1, 0.15) is 43.4 Å². The molecule has 0 radical (unpaired) electrons. The molecule has 0 bridgehead atoms. The molecule has 9 heteroatoms. The van der Waals surface area contributed by atoms with E-state index in [0.717, 1.165) is 29.7 Å². The van der Waals surface area contributed by atoms with Crippen LogP contribution in [0.15, 0.2) is 42.7 Å². The highest BCUT2D eigenvalue weighted by atomic mass is 35.5. The summed E-state index contributed by atoms with van der Waals surface area (Å²) in [5.74, 6) is 0.512. The molecule has 2 aliphatic heterocycles. The molecule has 1 amide bonds. The van der Waals surface area contributed by atoms with Gasteiger partial charge in [0.2, 0.25) is 12.7 Å². The molecular weight excluding hydrogens is 458 g/mol. The van der Waals surface area contributed by atoms with E-state index < -0.39 is 0 Å². The van der Waals surface area contributed by atoms with Crippen molar-refractivity contribution in [2.75, 3.05) is 26.5 Å². The van der Waals surface area contributed by atoms with Crippen LogP contribution in [0, 0.1) is 5.92 Å². The first kappa shape index (κ1) is 22.5. The van der Waals surface area contributed by atoms with Crippen molar-refractivity contribution in [3.8, 4) is 11.5 Å². The Morgan fingerprint density at radius 2 is 2.09 bits per heavy atom. The Morgan fingerprint density at radius 1 is 1.24 bits per heavy atom. The number of halogens is 1. The quantitative estimate of drug-likeness (QED) is 0.492. The molecule has 3 aromatic rings. The fourth-order valence-electron chi connectivity index (χ4n) is 4.71. The average Bonchev–Trinajstić information content (AvgIpc) is 3.49. The predicted molar refractivity (Wildman–Crippen MR) is 125 cm³/mol. The van der Waals surface area contributed by atoms with Crippen molar-refractivity contribution in [1.82, 2.24) is 14.3 Å². The van der Waals surface area contributed by atoms with Gasteiger partial charge in [-0.25, -0.2) is 4.98 Å². The van der Waals surface area contributed by atoms with Crippen molar-refractivity contribution in [1.29, 1.82) is 0 Å². The molecule has 4 heterocycles. The molecule has 2 aliphatic rings. The molecule has 34 heavy (non-hydrogen) atoms. The smallest absolute Gasteiger partial charge is 0.310 e. The van der Waals surface area contributed by atoms with Gasteiger partial charge in [-0.3, -0.25) is 9.59 Å². The Balaban J connectivity index is 1.46. The van der Waals surface area contributed by atoms with E-state index in [4.69, 9.17) is 25.8 Å². The summed E-state index contributed by atoms with van der Waals surface area (Å²) in [5, 5.41) is 0.579. The normalized spacial score (nSPS) is 18.2. The lowest BCUT2D eigenvalue weighted by atomic mass is 9.90. The minimum absolute atomic E-state index is 0.0198. The van der Waals surface area contributed by atoms with Crippen LogP contribution in [-0.2, 0) is 14.3 Å². The molecule has 0 aliphatic carbocycles. The lowest BCUT2D eigenvalue weighted by Crippen LogP contribution is -2.43. The number of benzene rings is 1. The van der Waals surface area contributed by atoms with E-state index >= 15 is 0 Å². The van der Waals surface area contributed by atoms with Gasteiger partial charge < -0.3 is 23.5 Å². The summed E-state index contributed by atoms with van der Waals surface area (Å²) < 4.78 is 18.2. The van der Waals surface area contributed by atoms with E-state index in [9.17, 15) is 9.59 Å². The first-order chi connectivity index (χ1) is 16.5. The Labute approximate surface area is 202 Å². The number of carbonyl (C=O) groups is 2. The second-order valence-electron chi connectivity index (χ2n) is 8.56. The van der Waals surface area contributed by atoms with Crippen molar-refractivity contribution in [3.63, 3.8) is 0 Å². The van der Waals surface area contributed by atoms with E-state index in [1.54, 1.807) is 30.3 Å². The Kier molecular flexibility index (Phi) is 6.32. The highest BCUT2D eigenvalue weighted by molar-refractivity contribution is 6.30. The van der Waals surface area contributed by atoms with Gasteiger partial charge in [-0.05, 0) is 49.6 Å². The van der Waals surface area contributed by atoms with Crippen molar-refractivity contribution >= 4 is 29.1 Å². The van der Waals surface area contributed by atoms with Crippen LogP contribution in [0.5, 0.6) is 11.5 Å². The highest BCUT2D eigenvalue weighted by Crippen LogP contribution is 2.38. The molecule has 1 fully saturated rings. The van der Waals surface area contributed by atoms with Gasteiger partial charge in [0.1, 0.15) is 5.65 Å². The Morgan fingerprint density at radius 3 is 2.94 bits per heavy atom. The molecular formula is C25H26ClN3O5. The number of hydrogen-bond acceptors (Lipinski definition) is 6. The number of carbonyl (C=O) groups excluding carboxylic acids is 2. The van der Waals surface area contributed by atoms with Gasteiger partial charge in [0, 0.05) is 37.8 Å². The molecule has 0 N–H and O–H groups in total. The summed E-state index contributed by atoms with van der Waals surface area (Å²) in [5.41, 5.74) is 2.51. The van der Waals surface area contributed by atoms with Crippen LogP contribution in [0.3, 0.4) is 0 Å². The minimum atomic E-state index is -0.293. The number of esters is 1. The van der Waals surface area contributed by atoms with Crippen LogP contribution < -0.4 is 9.47 Å². The van der Waals surface area contributed by atoms with Gasteiger partial charge in [0.25, 0.3) is 0 Å². The number of imidazole rings is 1. The van der Waals surface area contributed by atoms with Gasteiger partial charge in [-0.2, -0.15) is 0 Å². The predicted octanol–water partition coefficient (Wildman–Crippen LogP) is 4.04. The number of hydrogen-bond donors (Lipinski definition) is 0. The zero-order valence-electron chi connectivity index (χ0n) is 18.9. The van der Waals surface area contributed by atoms with Gasteiger partial charge in [-0.1, -0.05) is 17.7 Å². The third kappa shape index (κ3) is 4.42. The maximum absolute atomic E-state index is 13.5. The fraction of sp³-hybridized carbons (Fsp3) is 0.400. The van der Waals surface area contributed by atoms with Crippen LogP contribution in [0.4, 0.5) is 0 Å². The van der Waals surface area contributed by atoms with Crippen LogP contribution in [0.2, 0.25) is 5.02 Å². The van der Waals surface area contributed by atoms with Crippen molar-refractivity contribution in [2.24, 2.45) is 5.92 Å². The largest absolute Gasteiger partial charge is 0.466 e. The first-order valence-electron chi connectivity index (χ1n) is 11.5. The van der Waals surface area contributed by atoms with Gasteiger partial charge in [0.05, 0.1) is 23.2 Å². The Hall–Kier alpha value is -3.26. The number of likely N-dealkylation sites (tertiary alicyclic amines) is 1. The average molecular weight is 484 g/mol. The van der Waals surface area contributed by atoms with Crippen LogP contribution in [0.25, 0.3) is 5.65 Å². The maximum atomic E-state index is 13.5. The molecule has 2 aromatic heterocycles. The van der Waals surface area contributed by atoms with Crippen LogP contribution in [-0.4, -0.2) is 52.7 Å². The molecule has 1 saturated heterocycles. The van der Waals surface area contributed by atoms with E-state index in [2.05, 4.69) is 4.98 Å². The molecule has 0 spiro atoms. The minimum Gasteiger partial charge on any atom is -0.466 e. The second kappa shape index (κ2) is 9.54. The molecule has 1 aromatic carbocycles. The summed E-state index contributed by atoms with van der Waals surface area (Å²) in [6.45, 7) is 3.32. The lowest BCUT2D eigenvalue weighted by molar-refractivity contribution is -0.151. The van der Waals surface area contributed by atoms with Crippen LogP contribution >= 0.6 is 11.6 Å². The van der Waals surface area contributed by atoms with Crippen molar-refractivity contribution in [2.45, 2.75) is 32.1 Å². The number of aromatic nitrogens is 2. The fourth-order valence-corrected chi connectivity index (χ4v) is 4.87. The van der Waals surface area contributed by atoms with Crippen molar-refractivity contribution in [3.05, 3.63) is 59.0 Å². The number of piperidine rings is 1. The summed E-state index contributed by atoms with van der Waals surface area (Å²) in [4.78, 5) is 32.1. The molecule has 0 saturated carbocycles. The molecule has 178 valence electrons. The number of amides is 1. The topological polar surface area (TPSA) is 82.4 Å². The van der Waals surface area contributed by atoms with E-state index in [-0.39, 0.29) is 36.9 Å².